The van der Waals surface area contributed by atoms with Gasteiger partial charge in [0.2, 0.25) is 5.89 Å². The van der Waals surface area contributed by atoms with Gasteiger partial charge in [-0.3, -0.25) is 9.58 Å². The van der Waals surface area contributed by atoms with Gasteiger partial charge in [0.05, 0.1) is 18.9 Å². The van der Waals surface area contributed by atoms with E-state index in [1.807, 2.05) is 24.1 Å². The molecule has 0 bridgehead atoms. The summed E-state index contributed by atoms with van der Waals surface area (Å²) in [5.41, 5.74) is 1.40. The van der Waals surface area contributed by atoms with E-state index in [2.05, 4.69) is 42.0 Å². The number of hydrogen-bond donors (Lipinski definition) is 0. The molecule has 3 rings (SSSR count). The fourth-order valence-electron chi connectivity index (χ4n) is 3.00. The summed E-state index contributed by atoms with van der Waals surface area (Å²) in [5.74, 6) is 2.44. The average Bonchev–Trinajstić information content (AvgIpc) is 3.08. The normalized spacial score (nSPS) is 18.0. The third-order valence-electron chi connectivity index (χ3n) is 4.44. The second-order valence-corrected chi connectivity index (χ2v) is 7.37. The minimum absolute atomic E-state index is 0.0263. The highest BCUT2D eigenvalue weighted by molar-refractivity contribution is 5.12. The molecule has 1 aliphatic heterocycles. The molecule has 1 saturated heterocycles. The number of likely N-dealkylation sites (tertiary alicyclic amines) is 1. The monoisotopic (exact) mass is 302 g/mol. The van der Waals surface area contributed by atoms with Crippen molar-refractivity contribution in [1.29, 1.82) is 0 Å². The lowest BCUT2D eigenvalue weighted by Gasteiger charge is -2.30. The van der Waals surface area contributed by atoms with Crippen molar-refractivity contribution in [3.05, 3.63) is 35.8 Å². The van der Waals surface area contributed by atoms with Crippen molar-refractivity contribution in [2.75, 3.05) is 13.1 Å². The fourth-order valence-corrected chi connectivity index (χ4v) is 3.00. The van der Waals surface area contributed by atoms with E-state index in [9.17, 15) is 0 Å². The number of aromatic nitrogens is 3. The zero-order valence-electron chi connectivity index (χ0n) is 14.0. The number of rotatable bonds is 3. The van der Waals surface area contributed by atoms with Crippen molar-refractivity contribution in [2.24, 2.45) is 7.05 Å². The molecule has 5 nitrogen and oxygen atoms in total. The molecule has 0 spiro atoms. The molecule has 5 heteroatoms. The second-order valence-electron chi connectivity index (χ2n) is 7.37. The van der Waals surface area contributed by atoms with E-state index in [1.54, 1.807) is 0 Å². The minimum atomic E-state index is 0.0263. The van der Waals surface area contributed by atoms with Crippen molar-refractivity contribution in [1.82, 2.24) is 19.7 Å². The molecule has 22 heavy (non-hydrogen) atoms. The van der Waals surface area contributed by atoms with Crippen LogP contribution in [0.3, 0.4) is 0 Å². The molecular formula is C17H26N4O. The lowest BCUT2D eigenvalue weighted by Crippen LogP contribution is -2.32. The van der Waals surface area contributed by atoms with Gasteiger partial charge in [-0.1, -0.05) is 20.8 Å². The molecule has 0 aromatic carbocycles. The summed E-state index contributed by atoms with van der Waals surface area (Å²) in [6.45, 7) is 9.44. The van der Waals surface area contributed by atoms with Gasteiger partial charge in [-0.25, -0.2) is 4.98 Å². The summed E-state index contributed by atoms with van der Waals surface area (Å²) in [4.78, 5) is 6.87. The van der Waals surface area contributed by atoms with Crippen LogP contribution in [0.4, 0.5) is 0 Å². The van der Waals surface area contributed by atoms with E-state index in [4.69, 9.17) is 4.42 Å². The number of nitrogens with zero attached hydrogens (tertiary/aromatic N) is 4. The largest absolute Gasteiger partial charge is 0.444 e. The van der Waals surface area contributed by atoms with Crippen LogP contribution in [0, 0.1) is 0 Å². The van der Waals surface area contributed by atoms with Gasteiger partial charge in [-0.15, -0.1) is 0 Å². The Balaban J connectivity index is 1.55. The summed E-state index contributed by atoms with van der Waals surface area (Å²) in [6, 6.07) is 0. The van der Waals surface area contributed by atoms with Crippen LogP contribution in [0.2, 0.25) is 0 Å². The Morgan fingerprint density at radius 2 is 1.95 bits per heavy atom. The standard InChI is InChI=1S/C17H26N4O/c1-17(2,3)15-10-18-16(22-15)12-21-7-5-13(6-8-21)14-9-19-20(4)11-14/h9-11,13H,5-8,12H2,1-4H3. The Labute approximate surface area is 132 Å². The van der Waals surface area contributed by atoms with Crippen LogP contribution in [-0.2, 0) is 19.0 Å². The molecule has 0 N–H and O–H groups in total. The topological polar surface area (TPSA) is 47.1 Å². The van der Waals surface area contributed by atoms with Gasteiger partial charge in [0.25, 0.3) is 0 Å². The van der Waals surface area contributed by atoms with Gasteiger partial charge in [0.1, 0.15) is 5.76 Å². The van der Waals surface area contributed by atoms with Crippen molar-refractivity contribution >= 4 is 0 Å². The first-order valence-electron chi connectivity index (χ1n) is 8.08. The van der Waals surface area contributed by atoms with Crippen molar-refractivity contribution in [2.45, 2.75) is 51.5 Å². The predicted molar refractivity (Wildman–Crippen MR) is 85.7 cm³/mol. The molecular weight excluding hydrogens is 276 g/mol. The first-order valence-corrected chi connectivity index (χ1v) is 8.08. The lowest BCUT2D eigenvalue weighted by molar-refractivity contribution is 0.184. The van der Waals surface area contributed by atoms with Gasteiger partial charge in [-0.2, -0.15) is 5.10 Å². The zero-order chi connectivity index (χ0) is 15.7. The van der Waals surface area contributed by atoms with Crippen LogP contribution in [-0.4, -0.2) is 32.8 Å². The molecule has 1 fully saturated rings. The number of oxazole rings is 1. The van der Waals surface area contributed by atoms with Crippen molar-refractivity contribution in [3.63, 3.8) is 0 Å². The van der Waals surface area contributed by atoms with Crippen molar-refractivity contribution in [3.8, 4) is 0 Å². The molecule has 0 saturated carbocycles. The smallest absolute Gasteiger partial charge is 0.208 e. The van der Waals surface area contributed by atoms with E-state index in [-0.39, 0.29) is 5.41 Å². The van der Waals surface area contributed by atoms with Gasteiger partial charge >= 0.3 is 0 Å². The molecule has 0 atom stereocenters. The SMILES string of the molecule is Cn1cc(C2CCN(Cc3ncc(C(C)(C)C)o3)CC2)cn1. The van der Waals surface area contributed by atoms with Crippen LogP contribution in [0.1, 0.15) is 56.7 Å². The third-order valence-corrected chi connectivity index (χ3v) is 4.44. The zero-order valence-corrected chi connectivity index (χ0v) is 14.0. The highest BCUT2D eigenvalue weighted by Crippen LogP contribution is 2.29. The Hall–Kier alpha value is -1.62. The van der Waals surface area contributed by atoms with Gasteiger partial charge in [0, 0.05) is 18.7 Å². The van der Waals surface area contributed by atoms with E-state index < -0.39 is 0 Å². The molecule has 0 aliphatic carbocycles. The molecule has 0 amide bonds. The minimum Gasteiger partial charge on any atom is -0.444 e. The first-order chi connectivity index (χ1) is 10.4. The maximum absolute atomic E-state index is 5.90. The third kappa shape index (κ3) is 3.40. The number of aryl methyl sites for hydroxylation is 1. The van der Waals surface area contributed by atoms with E-state index >= 15 is 0 Å². The number of hydrogen-bond acceptors (Lipinski definition) is 4. The molecule has 2 aromatic rings. The van der Waals surface area contributed by atoms with Crippen LogP contribution >= 0.6 is 0 Å². The summed E-state index contributed by atoms with van der Waals surface area (Å²) in [5, 5.41) is 4.28. The number of piperidine rings is 1. The van der Waals surface area contributed by atoms with Crippen molar-refractivity contribution < 1.29 is 4.42 Å². The van der Waals surface area contributed by atoms with E-state index in [0.29, 0.717) is 5.92 Å². The lowest BCUT2D eigenvalue weighted by atomic mass is 9.91. The van der Waals surface area contributed by atoms with Gasteiger partial charge in [0.15, 0.2) is 0 Å². The summed E-state index contributed by atoms with van der Waals surface area (Å²) >= 11 is 0. The molecule has 1 aliphatic rings. The summed E-state index contributed by atoms with van der Waals surface area (Å²) in [7, 11) is 1.98. The van der Waals surface area contributed by atoms with Crippen LogP contribution < -0.4 is 0 Å². The fraction of sp³-hybridized carbons (Fsp3) is 0.647. The average molecular weight is 302 g/mol. The van der Waals surface area contributed by atoms with E-state index in [0.717, 1.165) is 31.3 Å². The Bertz CT molecular complexity index is 615. The highest BCUT2D eigenvalue weighted by atomic mass is 16.4. The maximum Gasteiger partial charge on any atom is 0.208 e. The van der Waals surface area contributed by atoms with Crippen LogP contribution in [0.15, 0.2) is 23.0 Å². The Morgan fingerprint density at radius 3 is 2.50 bits per heavy atom. The van der Waals surface area contributed by atoms with Gasteiger partial charge < -0.3 is 4.42 Å². The second kappa shape index (κ2) is 5.88. The van der Waals surface area contributed by atoms with Crippen LogP contribution in [0.5, 0.6) is 0 Å². The summed E-state index contributed by atoms with van der Waals surface area (Å²) < 4.78 is 7.79. The molecule has 120 valence electrons. The summed E-state index contributed by atoms with van der Waals surface area (Å²) in [6.07, 6.45) is 8.38. The quantitative estimate of drug-likeness (QED) is 0.874. The maximum atomic E-state index is 5.90. The molecule has 2 aromatic heterocycles. The highest BCUT2D eigenvalue weighted by Gasteiger charge is 2.24. The first kappa shape index (κ1) is 15.3. The molecule has 0 radical (unpaired) electrons. The Morgan fingerprint density at radius 1 is 1.23 bits per heavy atom. The van der Waals surface area contributed by atoms with Gasteiger partial charge in [-0.05, 0) is 37.4 Å². The van der Waals surface area contributed by atoms with Crippen LogP contribution in [0.25, 0.3) is 0 Å². The predicted octanol–water partition coefficient (Wildman–Crippen LogP) is 3.09. The Kier molecular flexibility index (Phi) is 4.08. The molecule has 0 unspecified atom stereocenters. The molecule has 3 heterocycles. The van der Waals surface area contributed by atoms with E-state index in [1.165, 1.54) is 18.4 Å².